The molecule has 0 unspecified atom stereocenters. The molecule has 136 valence electrons. The number of methoxy groups -OCH3 is 1. The summed E-state index contributed by atoms with van der Waals surface area (Å²) in [7, 11) is 1.29. The predicted molar refractivity (Wildman–Crippen MR) is 96.6 cm³/mol. The third-order valence-corrected chi connectivity index (χ3v) is 4.38. The molecule has 1 heterocycles. The summed E-state index contributed by atoms with van der Waals surface area (Å²) in [4.78, 5) is 26.1. The fourth-order valence-corrected chi connectivity index (χ4v) is 2.75. The van der Waals surface area contributed by atoms with Crippen LogP contribution in [0.3, 0.4) is 0 Å². The molecule has 6 nitrogen and oxygen atoms in total. The third-order valence-electron chi connectivity index (χ3n) is 4.38. The lowest BCUT2D eigenvalue weighted by molar-refractivity contribution is -0.148. The number of aryl methyl sites for hydroxylation is 2. The maximum absolute atomic E-state index is 12.7. The van der Waals surface area contributed by atoms with Crippen molar-refractivity contribution in [1.29, 1.82) is 0 Å². The third kappa shape index (κ3) is 3.64. The molecule has 0 saturated heterocycles. The predicted octanol–water partition coefficient (Wildman–Crippen LogP) is 2.65. The van der Waals surface area contributed by atoms with Crippen LogP contribution in [0.5, 0.6) is 11.5 Å². The molecule has 0 aromatic heterocycles. The monoisotopic (exact) mass is 355 g/mol. The maximum Gasteiger partial charge on any atom is 0.348 e. The Morgan fingerprint density at radius 2 is 1.92 bits per heavy atom. The zero-order chi connectivity index (χ0) is 18.7. The lowest BCUT2D eigenvalue weighted by Gasteiger charge is -2.33. The molecule has 3 rings (SSSR count). The standard InChI is InChI=1S/C20H21NO5/c1-13-8-9-15(10-14(13)2)25-12-19(22)21-11-18(20(23)24-3)26-17-7-5-4-6-16(17)21/h4-10,18H,11-12H2,1-3H3/t18-/m0/s1. The number of ether oxygens (including phenoxy) is 3. The van der Waals surface area contributed by atoms with E-state index in [0.29, 0.717) is 17.2 Å². The number of amides is 1. The Hall–Kier alpha value is -3.02. The first-order valence-corrected chi connectivity index (χ1v) is 8.33. The van der Waals surface area contributed by atoms with Crippen LogP contribution in [0.1, 0.15) is 11.1 Å². The normalized spacial score (nSPS) is 15.7. The van der Waals surface area contributed by atoms with Crippen molar-refractivity contribution in [3.63, 3.8) is 0 Å². The second kappa shape index (κ2) is 7.47. The molecule has 0 N–H and O–H groups in total. The molecule has 6 heteroatoms. The van der Waals surface area contributed by atoms with Crippen molar-refractivity contribution in [3.05, 3.63) is 53.6 Å². The van der Waals surface area contributed by atoms with Gasteiger partial charge >= 0.3 is 5.97 Å². The molecule has 0 bridgehead atoms. The Morgan fingerprint density at radius 1 is 1.15 bits per heavy atom. The zero-order valence-corrected chi connectivity index (χ0v) is 15.0. The van der Waals surface area contributed by atoms with Gasteiger partial charge in [-0.3, -0.25) is 4.79 Å². The molecule has 0 fully saturated rings. The molecule has 26 heavy (non-hydrogen) atoms. The Balaban J connectivity index is 1.76. The first kappa shape index (κ1) is 17.8. The van der Waals surface area contributed by atoms with Crippen LogP contribution in [-0.2, 0) is 14.3 Å². The highest BCUT2D eigenvalue weighted by Gasteiger charge is 2.34. The topological polar surface area (TPSA) is 65.1 Å². The molecule has 1 amide bonds. The van der Waals surface area contributed by atoms with E-state index in [1.54, 1.807) is 18.2 Å². The molecule has 0 aliphatic carbocycles. The fourth-order valence-electron chi connectivity index (χ4n) is 2.75. The van der Waals surface area contributed by atoms with Crippen molar-refractivity contribution in [1.82, 2.24) is 0 Å². The number of carbonyl (C=O) groups is 2. The van der Waals surface area contributed by atoms with E-state index in [1.165, 1.54) is 12.0 Å². The van der Waals surface area contributed by atoms with Gasteiger partial charge < -0.3 is 19.1 Å². The maximum atomic E-state index is 12.7. The van der Waals surface area contributed by atoms with E-state index in [-0.39, 0.29) is 19.1 Å². The van der Waals surface area contributed by atoms with Gasteiger partial charge in [-0.1, -0.05) is 18.2 Å². The highest BCUT2D eigenvalue weighted by Crippen LogP contribution is 2.33. The minimum atomic E-state index is -0.861. The van der Waals surface area contributed by atoms with Crippen LogP contribution in [0.2, 0.25) is 0 Å². The summed E-state index contributed by atoms with van der Waals surface area (Å²) in [6.07, 6.45) is -0.861. The summed E-state index contributed by atoms with van der Waals surface area (Å²) in [5, 5.41) is 0. The molecule has 2 aromatic carbocycles. The van der Waals surface area contributed by atoms with Crippen LogP contribution >= 0.6 is 0 Å². The van der Waals surface area contributed by atoms with Crippen molar-refractivity contribution in [3.8, 4) is 11.5 Å². The van der Waals surface area contributed by atoms with E-state index in [4.69, 9.17) is 14.2 Å². The van der Waals surface area contributed by atoms with E-state index >= 15 is 0 Å². The molecular weight excluding hydrogens is 334 g/mol. The number of carbonyl (C=O) groups excluding carboxylic acids is 2. The van der Waals surface area contributed by atoms with E-state index in [0.717, 1.165) is 11.1 Å². The number of nitrogens with zero attached hydrogens (tertiary/aromatic N) is 1. The molecule has 0 radical (unpaired) electrons. The molecular formula is C20H21NO5. The highest BCUT2D eigenvalue weighted by atomic mass is 16.6. The van der Waals surface area contributed by atoms with E-state index in [9.17, 15) is 9.59 Å². The number of rotatable bonds is 4. The number of para-hydroxylation sites is 2. The Morgan fingerprint density at radius 3 is 2.65 bits per heavy atom. The molecule has 0 spiro atoms. The zero-order valence-electron chi connectivity index (χ0n) is 15.0. The van der Waals surface area contributed by atoms with Gasteiger partial charge in [-0.25, -0.2) is 4.79 Å². The van der Waals surface area contributed by atoms with Gasteiger partial charge in [0.05, 0.1) is 19.3 Å². The second-order valence-corrected chi connectivity index (χ2v) is 6.14. The average molecular weight is 355 g/mol. The van der Waals surface area contributed by atoms with Crippen LogP contribution in [0.15, 0.2) is 42.5 Å². The first-order chi connectivity index (χ1) is 12.5. The summed E-state index contributed by atoms with van der Waals surface area (Å²) >= 11 is 0. The van der Waals surface area contributed by atoms with Gasteiger partial charge in [0.15, 0.2) is 6.61 Å². The van der Waals surface area contributed by atoms with Crippen molar-refractivity contribution in [2.75, 3.05) is 25.2 Å². The van der Waals surface area contributed by atoms with Gasteiger partial charge in [0.1, 0.15) is 11.5 Å². The largest absolute Gasteiger partial charge is 0.484 e. The van der Waals surface area contributed by atoms with Crippen LogP contribution < -0.4 is 14.4 Å². The first-order valence-electron chi connectivity index (χ1n) is 8.33. The number of hydrogen-bond donors (Lipinski definition) is 0. The van der Waals surface area contributed by atoms with Gasteiger partial charge in [0.2, 0.25) is 6.10 Å². The van der Waals surface area contributed by atoms with Gasteiger partial charge in [-0.05, 0) is 49.2 Å². The van der Waals surface area contributed by atoms with E-state index < -0.39 is 12.1 Å². The van der Waals surface area contributed by atoms with Crippen molar-refractivity contribution < 1.29 is 23.8 Å². The SMILES string of the molecule is COC(=O)[C@@H]1CN(C(=O)COc2ccc(C)c(C)c2)c2ccccc2O1. The lowest BCUT2D eigenvalue weighted by Crippen LogP contribution is -2.48. The van der Waals surface area contributed by atoms with Gasteiger partial charge in [0, 0.05) is 0 Å². The smallest absolute Gasteiger partial charge is 0.348 e. The number of benzene rings is 2. The van der Waals surface area contributed by atoms with Crippen LogP contribution in [0.4, 0.5) is 5.69 Å². The number of esters is 1. The Kier molecular flexibility index (Phi) is 5.11. The van der Waals surface area contributed by atoms with Crippen LogP contribution in [0.25, 0.3) is 0 Å². The number of hydrogen-bond acceptors (Lipinski definition) is 5. The summed E-state index contributed by atoms with van der Waals surface area (Å²) < 4.78 is 16.0. The molecule has 1 aliphatic rings. The van der Waals surface area contributed by atoms with Gasteiger partial charge in [0.25, 0.3) is 5.91 Å². The van der Waals surface area contributed by atoms with E-state index in [1.807, 2.05) is 38.1 Å². The van der Waals surface area contributed by atoms with E-state index in [2.05, 4.69) is 0 Å². The van der Waals surface area contributed by atoms with Crippen molar-refractivity contribution in [2.45, 2.75) is 20.0 Å². The summed E-state index contributed by atoms with van der Waals surface area (Å²) in [5.41, 5.74) is 2.87. The summed E-state index contributed by atoms with van der Waals surface area (Å²) in [6.45, 7) is 3.95. The fraction of sp³-hybridized carbons (Fsp3) is 0.300. The quantitative estimate of drug-likeness (QED) is 0.789. The Bertz CT molecular complexity index is 833. The van der Waals surface area contributed by atoms with Gasteiger partial charge in [-0.15, -0.1) is 0 Å². The highest BCUT2D eigenvalue weighted by molar-refractivity contribution is 5.97. The number of fused-ring (bicyclic) bond motifs is 1. The molecule has 2 aromatic rings. The molecule has 1 atom stereocenters. The van der Waals surface area contributed by atoms with Crippen molar-refractivity contribution >= 4 is 17.6 Å². The molecule has 1 aliphatic heterocycles. The summed E-state index contributed by atoms with van der Waals surface area (Å²) in [5.74, 6) is 0.321. The summed E-state index contributed by atoms with van der Waals surface area (Å²) in [6, 6.07) is 12.8. The Labute approximate surface area is 152 Å². The van der Waals surface area contributed by atoms with Crippen molar-refractivity contribution in [2.24, 2.45) is 0 Å². The second-order valence-electron chi connectivity index (χ2n) is 6.14. The lowest BCUT2D eigenvalue weighted by atomic mass is 10.1. The minimum Gasteiger partial charge on any atom is -0.484 e. The van der Waals surface area contributed by atoms with Gasteiger partial charge in [-0.2, -0.15) is 0 Å². The number of anilines is 1. The minimum absolute atomic E-state index is 0.0821. The average Bonchev–Trinajstić information content (AvgIpc) is 2.67. The van der Waals surface area contributed by atoms with Crippen LogP contribution in [-0.4, -0.2) is 38.2 Å². The van der Waals surface area contributed by atoms with Crippen LogP contribution in [0, 0.1) is 13.8 Å². The molecule has 0 saturated carbocycles.